The summed E-state index contributed by atoms with van der Waals surface area (Å²) in [5.41, 5.74) is 3.38. The van der Waals surface area contributed by atoms with Crippen molar-refractivity contribution in [2.75, 3.05) is 0 Å². The van der Waals surface area contributed by atoms with E-state index in [9.17, 15) is 0 Å². The summed E-state index contributed by atoms with van der Waals surface area (Å²) >= 11 is 0. The first-order valence-electron chi connectivity index (χ1n) is 27.3. The molecule has 1 rings (SSSR count). The van der Waals surface area contributed by atoms with E-state index in [2.05, 4.69) is 43.7 Å². The second-order valence-electron chi connectivity index (χ2n) is 19.0. The van der Waals surface area contributed by atoms with Gasteiger partial charge in [0.25, 0.3) is 0 Å². The fraction of sp³-hybridized carbons (Fsp3) is 0.911. The minimum atomic E-state index is 1.24. The molecule has 1 aromatic rings. The Morgan fingerprint density at radius 2 is 0.526 bits per heavy atom. The summed E-state index contributed by atoms with van der Waals surface area (Å²) in [4.78, 5) is 0. The molecule has 0 aliphatic rings. The Morgan fingerprint density at radius 1 is 0.281 bits per heavy atom. The monoisotopic (exact) mass is 795 g/mol. The largest absolute Gasteiger partial charge is 0.202 e. The van der Waals surface area contributed by atoms with E-state index in [1.165, 1.54) is 308 Å². The SMILES string of the molecule is CCCCCCCCCCCCCCCCCCC[n+]1cccc(CCCCCCCCCCCCCCCC)c1CCCCCCCCCCCCCCCC. The van der Waals surface area contributed by atoms with E-state index in [0.29, 0.717) is 0 Å². The third-order valence-electron chi connectivity index (χ3n) is 13.4. The van der Waals surface area contributed by atoms with Gasteiger partial charge in [-0.15, -0.1) is 0 Å². The van der Waals surface area contributed by atoms with E-state index in [4.69, 9.17) is 0 Å². The summed E-state index contributed by atoms with van der Waals surface area (Å²) in [5, 5.41) is 0. The Kier molecular flexibility index (Phi) is 43.9. The molecule has 0 aliphatic carbocycles. The Labute approximate surface area is 361 Å². The zero-order valence-electron chi connectivity index (χ0n) is 40.1. The van der Waals surface area contributed by atoms with Crippen molar-refractivity contribution < 1.29 is 4.57 Å². The highest BCUT2D eigenvalue weighted by Crippen LogP contribution is 2.19. The minimum Gasteiger partial charge on any atom is -0.202 e. The van der Waals surface area contributed by atoms with Crippen molar-refractivity contribution in [2.45, 2.75) is 329 Å². The highest BCUT2D eigenvalue weighted by atomic mass is 15.0. The number of pyridine rings is 1. The molecule has 1 heterocycles. The first-order chi connectivity index (χ1) is 28.3. The quantitative estimate of drug-likeness (QED) is 0.0457. The first-order valence-corrected chi connectivity index (χ1v) is 27.3. The molecule has 1 aromatic heterocycles. The maximum atomic E-state index is 2.70. The average molecular weight is 795 g/mol. The van der Waals surface area contributed by atoms with Gasteiger partial charge in [0.2, 0.25) is 0 Å². The molecule has 0 N–H and O–H groups in total. The van der Waals surface area contributed by atoms with Crippen LogP contribution in [0.5, 0.6) is 0 Å². The zero-order valence-corrected chi connectivity index (χ0v) is 40.1. The van der Waals surface area contributed by atoms with Crippen molar-refractivity contribution in [1.29, 1.82) is 0 Å². The molecule has 0 spiro atoms. The highest BCUT2D eigenvalue weighted by Gasteiger charge is 2.15. The number of hydrogen-bond acceptors (Lipinski definition) is 0. The molecular weight excluding hydrogens is 687 g/mol. The van der Waals surface area contributed by atoms with Crippen LogP contribution in [-0.4, -0.2) is 0 Å². The number of hydrogen-bond donors (Lipinski definition) is 0. The van der Waals surface area contributed by atoms with E-state index in [1.54, 1.807) is 11.3 Å². The summed E-state index contributed by atoms with van der Waals surface area (Å²) in [6.45, 7) is 8.19. The number of aryl methyl sites for hydroxylation is 2. The molecule has 1 heteroatoms. The van der Waals surface area contributed by atoms with Crippen LogP contribution < -0.4 is 4.57 Å². The third-order valence-corrected chi connectivity index (χ3v) is 13.4. The second-order valence-corrected chi connectivity index (χ2v) is 19.0. The fourth-order valence-electron chi connectivity index (χ4n) is 9.38. The van der Waals surface area contributed by atoms with Crippen LogP contribution >= 0.6 is 0 Å². The predicted molar refractivity (Wildman–Crippen MR) is 259 cm³/mol. The van der Waals surface area contributed by atoms with E-state index < -0.39 is 0 Å². The van der Waals surface area contributed by atoms with Crippen LogP contribution in [0.15, 0.2) is 18.3 Å². The molecule has 0 aliphatic heterocycles. The van der Waals surface area contributed by atoms with Crippen molar-refractivity contribution in [3.8, 4) is 0 Å². The summed E-state index contributed by atoms with van der Waals surface area (Å²) in [5.74, 6) is 0. The Balaban J connectivity index is 2.31. The summed E-state index contributed by atoms with van der Waals surface area (Å²) < 4.78 is 2.70. The maximum absolute atomic E-state index is 2.70. The lowest BCUT2D eigenvalue weighted by atomic mass is 9.99. The summed E-state index contributed by atoms with van der Waals surface area (Å²) in [6.07, 6.45) is 70.2. The lowest BCUT2D eigenvalue weighted by Crippen LogP contribution is -2.39. The number of aromatic nitrogens is 1. The van der Waals surface area contributed by atoms with Crippen molar-refractivity contribution >= 4 is 0 Å². The standard InChI is InChI=1S/C56H108N/c1-4-7-10-13-16-19-22-25-28-29-30-33-36-39-42-45-48-53-57-54-49-51-55(50-46-43-40-37-34-31-26-23-20-17-14-11-8-5-2)56(57)52-47-44-41-38-35-32-27-24-21-18-15-12-9-6-3/h49,51,54H,4-48,50,52-53H2,1-3H3/q+1. The molecule has 336 valence electrons. The molecular formula is C56H108N+. The molecule has 0 amide bonds. The molecule has 0 atom stereocenters. The molecule has 0 fully saturated rings. The van der Waals surface area contributed by atoms with Gasteiger partial charge in [0.1, 0.15) is 6.54 Å². The van der Waals surface area contributed by atoms with Crippen molar-refractivity contribution in [3.63, 3.8) is 0 Å². The van der Waals surface area contributed by atoms with Crippen molar-refractivity contribution in [3.05, 3.63) is 29.6 Å². The fourth-order valence-corrected chi connectivity index (χ4v) is 9.38. The molecule has 0 unspecified atom stereocenters. The number of unbranched alkanes of at least 4 members (excludes halogenated alkanes) is 42. The molecule has 0 saturated carbocycles. The summed E-state index contributed by atoms with van der Waals surface area (Å²) in [7, 11) is 0. The average Bonchev–Trinajstić information content (AvgIpc) is 3.22. The molecule has 1 nitrogen and oxygen atoms in total. The number of rotatable bonds is 48. The van der Waals surface area contributed by atoms with E-state index >= 15 is 0 Å². The van der Waals surface area contributed by atoms with Gasteiger partial charge < -0.3 is 0 Å². The smallest absolute Gasteiger partial charge is 0.184 e. The molecule has 57 heavy (non-hydrogen) atoms. The zero-order chi connectivity index (χ0) is 40.8. The van der Waals surface area contributed by atoms with Gasteiger partial charge in [0.05, 0.1) is 0 Å². The van der Waals surface area contributed by atoms with Crippen LogP contribution in [0, 0.1) is 0 Å². The van der Waals surface area contributed by atoms with Gasteiger partial charge in [-0.05, 0) is 31.7 Å². The maximum Gasteiger partial charge on any atom is 0.184 e. The van der Waals surface area contributed by atoms with Crippen molar-refractivity contribution in [1.82, 2.24) is 0 Å². The van der Waals surface area contributed by atoms with Crippen LogP contribution in [0.1, 0.15) is 321 Å². The lowest BCUT2D eigenvalue weighted by molar-refractivity contribution is -0.705. The van der Waals surface area contributed by atoms with Crippen LogP contribution in [0.4, 0.5) is 0 Å². The normalized spacial score (nSPS) is 11.6. The Morgan fingerprint density at radius 3 is 0.825 bits per heavy atom. The van der Waals surface area contributed by atoms with Crippen LogP contribution in [0.2, 0.25) is 0 Å². The van der Waals surface area contributed by atoms with Gasteiger partial charge in [-0.3, -0.25) is 0 Å². The summed E-state index contributed by atoms with van der Waals surface area (Å²) in [6, 6.07) is 4.87. The van der Waals surface area contributed by atoms with Gasteiger partial charge in [-0.2, -0.15) is 0 Å². The van der Waals surface area contributed by atoms with Crippen molar-refractivity contribution in [2.24, 2.45) is 0 Å². The van der Waals surface area contributed by atoms with Crippen LogP contribution in [0.3, 0.4) is 0 Å². The topological polar surface area (TPSA) is 3.88 Å². The molecule has 0 saturated heterocycles. The van der Waals surface area contributed by atoms with E-state index in [1.807, 2.05) is 0 Å². The molecule has 0 bridgehead atoms. The van der Waals surface area contributed by atoms with Crippen LogP contribution in [0.25, 0.3) is 0 Å². The first kappa shape index (κ1) is 54.2. The van der Waals surface area contributed by atoms with Gasteiger partial charge in [-0.25, -0.2) is 4.57 Å². The third kappa shape index (κ3) is 37.9. The van der Waals surface area contributed by atoms with Gasteiger partial charge in [-0.1, -0.05) is 284 Å². The second kappa shape index (κ2) is 46.2. The predicted octanol–water partition coefficient (Wildman–Crippen LogP) is 19.7. The van der Waals surface area contributed by atoms with Crippen LogP contribution in [-0.2, 0) is 19.4 Å². The highest BCUT2D eigenvalue weighted by molar-refractivity contribution is 5.16. The Bertz CT molecular complexity index is 889. The lowest BCUT2D eigenvalue weighted by Gasteiger charge is -2.11. The Hall–Kier alpha value is -0.850. The van der Waals surface area contributed by atoms with E-state index in [-0.39, 0.29) is 0 Å². The molecule has 0 aromatic carbocycles. The van der Waals surface area contributed by atoms with E-state index in [0.717, 1.165) is 0 Å². The van der Waals surface area contributed by atoms with Gasteiger partial charge in [0.15, 0.2) is 11.9 Å². The number of nitrogens with zero attached hydrogens (tertiary/aromatic N) is 1. The van der Waals surface area contributed by atoms with Gasteiger partial charge in [0, 0.05) is 24.5 Å². The molecule has 0 radical (unpaired) electrons. The minimum absolute atomic E-state index is 1.24. The van der Waals surface area contributed by atoms with Gasteiger partial charge >= 0.3 is 0 Å².